The van der Waals surface area contributed by atoms with E-state index in [0.717, 1.165) is 12.8 Å². The number of nitro benzene ring substituents is 1. The number of rotatable bonds is 6. The summed E-state index contributed by atoms with van der Waals surface area (Å²) in [4.78, 5) is 52.1. The second-order valence-corrected chi connectivity index (χ2v) is 7.73. The molecule has 10 nitrogen and oxygen atoms in total. The summed E-state index contributed by atoms with van der Waals surface area (Å²) in [5.74, 6) is -0.571. The summed E-state index contributed by atoms with van der Waals surface area (Å²) >= 11 is 0. The second kappa shape index (κ2) is 7.43. The molecule has 4 rings (SSSR count). The van der Waals surface area contributed by atoms with Crippen LogP contribution < -0.4 is 10.6 Å². The van der Waals surface area contributed by atoms with Crippen LogP contribution in [-0.2, 0) is 9.59 Å². The van der Waals surface area contributed by atoms with Crippen molar-refractivity contribution in [2.75, 3.05) is 13.1 Å². The Labute approximate surface area is 173 Å². The predicted molar refractivity (Wildman–Crippen MR) is 106 cm³/mol. The maximum atomic E-state index is 13.3. The minimum absolute atomic E-state index is 0.124. The molecule has 1 aromatic rings. The fourth-order valence-electron chi connectivity index (χ4n) is 3.92. The highest BCUT2D eigenvalue weighted by molar-refractivity contribution is 6.03. The smallest absolute Gasteiger partial charge is 0.322 e. The number of amides is 4. The molecule has 1 saturated carbocycles. The van der Waals surface area contributed by atoms with Gasteiger partial charge in [0.1, 0.15) is 6.04 Å². The summed E-state index contributed by atoms with van der Waals surface area (Å²) in [7, 11) is 0. The highest BCUT2D eigenvalue weighted by atomic mass is 16.6. The molecule has 0 unspecified atom stereocenters. The zero-order chi connectivity index (χ0) is 21.6. The Hall–Kier alpha value is -3.43. The van der Waals surface area contributed by atoms with Crippen LogP contribution in [0.2, 0.25) is 0 Å². The zero-order valence-electron chi connectivity index (χ0n) is 16.8. The van der Waals surface area contributed by atoms with Crippen molar-refractivity contribution in [1.29, 1.82) is 0 Å². The lowest BCUT2D eigenvalue weighted by Gasteiger charge is -2.32. The van der Waals surface area contributed by atoms with E-state index < -0.39 is 17.0 Å². The molecule has 0 spiro atoms. The lowest BCUT2D eigenvalue weighted by Crippen LogP contribution is -2.47. The molecule has 1 fully saturated rings. The number of benzene rings is 1. The lowest BCUT2D eigenvalue weighted by molar-refractivity contribution is -0.384. The van der Waals surface area contributed by atoms with Crippen LogP contribution in [0.1, 0.15) is 38.3 Å². The number of nitro groups is 1. The van der Waals surface area contributed by atoms with Gasteiger partial charge in [-0.2, -0.15) is 0 Å². The van der Waals surface area contributed by atoms with Crippen molar-refractivity contribution in [2.45, 2.75) is 44.8 Å². The first-order chi connectivity index (χ1) is 14.3. The van der Waals surface area contributed by atoms with Gasteiger partial charge in [-0.1, -0.05) is 12.1 Å². The van der Waals surface area contributed by atoms with Crippen molar-refractivity contribution >= 4 is 23.5 Å². The third-order valence-electron chi connectivity index (χ3n) is 5.75. The first kappa shape index (κ1) is 19.9. The maximum Gasteiger partial charge on any atom is 0.322 e. The highest BCUT2D eigenvalue weighted by Crippen LogP contribution is 2.37. The van der Waals surface area contributed by atoms with Crippen LogP contribution in [0, 0.1) is 10.1 Å². The van der Waals surface area contributed by atoms with Gasteiger partial charge >= 0.3 is 6.03 Å². The quantitative estimate of drug-likeness (QED) is 0.539. The largest absolute Gasteiger partial charge is 0.352 e. The van der Waals surface area contributed by atoms with Crippen molar-refractivity contribution in [3.05, 3.63) is 51.2 Å². The van der Waals surface area contributed by atoms with E-state index in [-0.39, 0.29) is 36.1 Å². The topological polar surface area (TPSA) is 125 Å². The van der Waals surface area contributed by atoms with Crippen LogP contribution in [0.5, 0.6) is 0 Å². The number of nitrogens with zero attached hydrogens (tertiary/aromatic N) is 3. The standard InChI is InChI=1S/C20H23N5O5/c1-3-23-15-10-24(11(2)18(26)21-13-7-8-13)19(27)16(15)17(22-20(23)28)12-5-4-6-14(9-12)25(29)30/h4-6,9,11,13,17H,3,7-8,10H2,1-2H3,(H,21,26)(H,22,28)/t11-,17+/m0/s1. The van der Waals surface area contributed by atoms with Crippen LogP contribution in [-0.4, -0.2) is 57.7 Å². The number of non-ortho nitro benzene ring substituents is 1. The Morgan fingerprint density at radius 1 is 1.37 bits per heavy atom. The van der Waals surface area contributed by atoms with Crippen LogP contribution in [0.25, 0.3) is 0 Å². The zero-order valence-corrected chi connectivity index (χ0v) is 16.8. The van der Waals surface area contributed by atoms with Gasteiger partial charge in [-0.25, -0.2) is 4.79 Å². The summed E-state index contributed by atoms with van der Waals surface area (Å²) in [6.07, 6.45) is 1.89. The Morgan fingerprint density at radius 2 is 2.10 bits per heavy atom. The number of likely N-dealkylation sites (N-methyl/N-ethyl adjacent to an activating group) is 1. The van der Waals surface area contributed by atoms with Gasteiger partial charge in [0, 0.05) is 24.7 Å². The molecule has 0 radical (unpaired) electrons. The third kappa shape index (κ3) is 3.38. The van der Waals surface area contributed by atoms with Crippen molar-refractivity contribution in [2.24, 2.45) is 0 Å². The monoisotopic (exact) mass is 413 g/mol. The molecule has 158 valence electrons. The molecule has 0 aromatic heterocycles. The third-order valence-corrected chi connectivity index (χ3v) is 5.75. The molecule has 0 bridgehead atoms. The fraction of sp³-hybridized carbons (Fsp3) is 0.450. The molecule has 2 N–H and O–H groups in total. The Kier molecular flexibility index (Phi) is 4.92. The van der Waals surface area contributed by atoms with Gasteiger partial charge in [-0.3, -0.25) is 24.6 Å². The normalized spacial score (nSPS) is 22.0. The van der Waals surface area contributed by atoms with E-state index in [9.17, 15) is 24.5 Å². The van der Waals surface area contributed by atoms with Crippen LogP contribution in [0.15, 0.2) is 35.5 Å². The number of carbonyl (C=O) groups is 3. The number of nitrogens with one attached hydrogen (secondary N) is 2. The van der Waals surface area contributed by atoms with Gasteiger partial charge in [0.05, 0.1) is 28.8 Å². The lowest BCUT2D eigenvalue weighted by atomic mass is 9.95. The Bertz CT molecular complexity index is 970. The molecule has 10 heteroatoms. The average Bonchev–Trinajstić information content (AvgIpc) is 3.48. The minimum atomic E-state index is -0.814. The van der Waals surface area contributed by atoms with Gasteiger partial charge in [0.25, 0.3) is 11.6 Å². The van der Waals surface area contributed by atoms with E-state index in [0.29, 0.717) is 23.4 Å². The van der Waals surface area contributed by atoms with E-state index >= 15 is 0 Å². The second-order valence-electron chi connectivity index (χ2n) is 7.73. The van der Waals surface area contributed by atoms with E-state index in [1.165, 1.54) is 28.0 Å². The van der Waals surface area contributed by atoms with Crippen LogP contribution in [0.3, 0.4) is 0 Å². The van der Waals surface area contributed by atoms with Crippen molar-refractivity contribution in [3.8, 4) is 0 Å². The molecule has 3 aliphatic rings. The van der Waals surface area contributed by atoms with Gasteiger partial charge < -0.3 is 15.5 Å². The number of hydrogen-bond donors (Lipinski definition) is 2. The molecular weight excluding hydrogens is 390 g/mol. The molecule has 2 aliphatic heterocycles. The van der Waals surface area contributed by atoms with Gasteiger partial charge in [-0.05, 0) is 32.3 Å². The molecular formula is C20H23N5O5. The molecule has 2 atom stereocenters. The molecule has 2 heterocycles. The average molecular weight is 413 g/mol. The van der Waals surface area contributed by atoms with Gasteiger partial charge in [0.15, 0.2) is 0 Å². The first-order valence-corrected chi connectivity index (χ1v) is 9.98. The van der Waals surface area contributed by atoms with E-state index in [4.69, 9.17) is 0 Å². The van der Waals surface area contributed by atoms with Crippen LogP contribution in [0.4, 0.5) is 10.5 Å². The van der Waals surface area contributed by atoms with Crippen molar-refractivity contribution in [3.63, 3.8) is 0 Å². The highest BCUT2D eigenvalue weighted by Gasteiger charge is 2.46. The van der Waals surface area contributed by atoms with Crippen molar-refractivity contribution in [1.82, 2.24) is 20.4 Å². The molecule has 30 heavy (non-hydrogen) atoms. The Balaban J connectivity index is 1.68. The summed E-state index contributed by atoms with van der Waals surface area (Å²) in [6, 6.07) is 4.17. The fourth-order valence-corrected chi connectivity index (χ4v) is 3.92. The number of hydrogen-bond acceptors (Lipinski definition) is 5. The molecule has 1 aromatic carbocycles. The van der Waals surface area contributed by atoms with Crippen molar-refractivity contribution < 1.29 is 19.3 Å². The van der Waals surface area contributed by atoms with Gasteiger partial charge in [-0.15, -0.1) is 0 Å². The Morgan fingerprint density at radius 3 is 2.73 bits per heavy atom. The molecule has 4 amide bonds. The summed E-state index contributed by atoms with van der Waals surface area (Å²) in [5, 5.41) is 16.9. The molecule has 1 aliphatic carbocycles. The van der Waals surface area contributed by atoms with Gasteiger partial charge in [0.2, 0.25) is 5.91 Å². The van der Waals surface area contributed by atoms with E-state index in [2.05, 4.69) is 10.6 Å². The minimum Gasteiger partial charge on any atom is -0.352 e. The number of urea groups is 1. The summed E-state index contributed by atoms with van der Waals surface area (Å²) in [6.45, 7) is 3.96. The molecule has 0 saturated heterocycles. The first-order valence-electron chi connectivity index (χ1n) is 9.98. The predicted octanol–water partition coefficient (Wildman–Crippen LogP) is 1.44. The van der Waals surface area contributed by atoms with E-state index in [1.807, 2.05) is 0 Å². The summed E-state index contributed by atoms with van der Waals surface area (Å²) in [5.41, 5.74) is 1.21. The maximum absolute atomic E-state index is 13.3. The SMILES string of the molecule is CCN1C(=O)N[C@H](c2cccc([N+](=O)[O-])c2)C2=C1CN([C@@H](C)C(=O)NC1CC1)C2=O. The summed E-state index contributed by atoms with van der Waals surface area (Å²) < 4.78 is 0. The van der Waals surface area contributed by atoms with E-state index in [1.54, 1.807) is 19.9 Å². The van der Waals surface area contributed by atoms with Crippen LogP contribution >= 0.6 is 0 Å². The number of carbonyl (C=O) groups excluding carboxylic acids is 3.